The number of rotatable bonds is 20. The van der Waals surface area contributed by atoms with Crippen molar-refractivity contribution in [3.05, 3.63) is 29.7 Å². The Hall–Kier alpha value is 0.873. The maximum absolute atomic E-state index is 13.6. The van der Waals surface area contributed by atoms with E-state index < -0.39 is 69.9 Å². The summed E-state index contributed by atoms with van der Waals surface area (Å²) in [6.45, 7) is 59.4. The molecule has 8 nitrogen and oxygen atoms in total. The van der Waals surface area contributed by atoms with Gasteiger partial charge in [-0.3, -0.25) is 0 Å². The Morgan fingerprint density at radius 2 is 0.494 bits per heavy atom. The molecule has 4 rings (SSSR count). The second kappa shape index (κ2) is 55.8. The first-order valence-corrected chi connectivity index (χ1v) is 49.3. The number of hydrogen-bond acceptors (Lipinski definition) is 8. The normalized spacial score (nSPS) is 17.0. The number of halogens is 4. The first-order chi connectivity index (χ1) is 39.0. The van der Waals surface area contributed by atoms with Gasteiger partial charge in [0, 0.05) is 0 Å². The smallest absolute Gasteiger partial charge is 0.0414 e. The van der Waals surface area contributed by atoms with Gasteiger partial charge in [0.05, 0.1) is 0 Å². The van der Waals surface area contributed by atoms with Gasteiger partial charge in [-0.25, -0.2) is 0 Å². The molecule has 4 aliphatic rings. The van der Waals surface area contributed by atoms with Crippen molar-refractivity contribution in [2.75, 3.05) is 0 Å². The van der Waals surface area contributed by atoms with Crippen molar-refractivity contribution >= 4 is 0 Å². The Balaban J connectivity index is -0.000000142. The molecule has 0 N–H and O–H groups in total. The van der Waals surface area contributed by atoms with Crippen LogP contribution in [0.2, 0.25) is 0 Å². The Bertz CT molecular complexity index is 1740. The van der Waals surface area contributed by atoms with Gasteiger partial charge >= 0.3 is 372 Å². The zero-order chi connectivity index (χ0) is 66.9. The van der Waals surface area contributed by atoms with Crippen LogP contribution in [-0.2, 0) is 69.9 Å². The molecule has 0 aliphatic heterocycles. The maximum atomic E-state index is 13.6. The molecule has 0 saturated heterocycles. The first-order valence-electron chi connectivity index (χ1n) is 34.4. The minimum Gasteiger partial charge on any atom is -0.358 e. The van der Waals surface area contributed by atoms with Gasteiger partial charge in [-0.2, -0.15) is 0 Å². The van der Waals surface area contributed by atoms with Crippen molar-refractivity contribution in [2.45, 2.75) is 418 Å². The molecule has 0 aromatic rings. The SMILES string of the molecule is CC(C)C1CCCC1.CC1CCCC1.CCC(C)(C)[N]=[W]([F])=[N]C(C)(C)CC.CCC(C)(C)[N]=[W]([F])=[N]C(C)(C)CC.CCC(C)(C)[N]=[W]([F])=[N]C(C)(C)CC.CCC(C)(C)[N]=[W]([F])=[N]C(C)(C)CC.CCC1CCCC1.CCCC1CCCC1.[CH3-].[CH3-].[CH3-].[CH3-]. The largest absolute Gasteiger partial charge is 0.358 e. The van der Waals surface area contributed by atoms with Crippen molar-refractivity contribution < 1.29 is 82.5 Å². The minimum atomic E-state index is -3.28. The summed E-state index contributed by atoms with van der Waals surface area (Å²) in [5.74, 6) is 5.26. The van der Waals surface area contributed by atoms with Crippen molar-refractivity contribution in [3.63, 3.8) is 0 Å². The van der Waals surface area contributed by atoms with Gasteiger partial charge in [0.25, 0.3) is 0 Å². The van der Waals surface area contributed by atoms with E-state index in [1.54, 1.807) is 0 Å². The molecular weight excluding hydrogens is 1800 g/mol. The monoisotopic (exact) mass is 1960 g/mol. The first kappa shape index (κ1) is 106. The average molecular weight is 1960 g/mol. The van der Waals surface area contributed by atoms with Gasteiger partial charge in [-0.1, -0.05) is 157 Å². The molecule has 4 aliphatic carbocycles. The zero-order valence-electron chi connectivity index (χ0n) is 65.7. The fourth-order valence-corrected chi connectivity index (χ4v) is 24.1. The quantitative estimate of drug-likeness (QED) is 0.0857. The van der Waals surface area contributed by atoms with Gasteiger partial charge in [0.2, 0.25) is 0 Å². The molecule has 0 unspecified atom stereocenters. The molecule has 0 aromatic carbocycles. The van der Waals surface area contributed by atoms with E-state index in [1.165, 1.54) is 122 Å². The third-order valence-corrected chi connectivity index (χ3v) is 36.2. The Morgan fingerprint density at radius 3 is 0.618 bits per heavy atom. The van der Waals surface area contributed by atoms with Crippen molar-refractivity contribution in [3.8, 4) is 0 Å². The molecule has 0 amide bonds. The molecule has 0 atom stereocenters. The molecule has 0 aromatic heterocycles. The van der Waals surface area contributed by atoms with Crippen LogP contribution in [0.25, 0.3) is 0 Å². The van der Waals surface area contributed by atoms with E-state index in [2.05, 4.69) is 62.6 Å². The summed E-state index contributed by atoms with van der Waals surface area (Å²) in [6.07, 6.45) is 35.3. The summed E-state index contributed by atoms with van der Waals surface area (Å²) in [5, 5.41) is 0. The second-order valence-corrected chi connectivity index (χ2v) is 41.7. The van der Waals surface area contributed by atoms with Crippen LogP contribution in [0.4, 0.5) is 12.6 Å². The third kappa shape index (κ3) is 64.6. The van der Waals surface area contributed by atoms with Crippen molar-refractivity contribution in [1.82, 2.24) is 0 Å². The molecular formula is C73H158F4N8W4-4. The van der Waals surface area contributed by atoms with Crippen molar-refractivity contribution in [1.29, 1.82) is 0 Å². The Morgan fingerprint density at radius 1 is 0.315 bits per heavy atom. The summed E-state index contributed by atoms with van der Waals surface area (Å²) in [4.78, 5) is 0. The molecule has 0 spiro atoms. The summed E-state index contributed by atoms with van der Waals surface area (Å²) < 4.78 is 88.3. The van der Waals surface area contributed by atoms with E-state index in [0.29, 0.717) is 0 Å². The Labute approximate surface area is 583 Å². The summed E-state index contributed by atoms with van der Waals surface area (Å²) in [5.41, 5.74) is -1.81. The third-order valence-electron chi connectivity index (χ3n) is 17.7. The molecule has 0 radical (unpaired) electrons. The van der Waals surface area contributed by atoms with Crippen LogP contribution in [-0.4, -0.2) is 44.3 Å². The van der Waals surface area contributed by atoms with Gasteiger partial charge in [0.1, 0.15) is 0 Å². The van der Waals surface area contributed by atoms with Crippen molar-refractivity contribution in [2.24, 2.45) is 57.6 Å². The van der Waals surface area contributed by atoms with Crippen LogP contribution in [0.5, 0.6) is 0 Å². The molecule has 0 heterocycles. The topological polar surface area (TPSA) is 98.9 Å². The van der Waals surface area contributed by atoms with E-state index in [0.717, 1.165) is 81.0 Å². The van der Waals surface area contributed by atoms with Gasteiger partial charge < -0.3 is 29.7 Å². The van der Waals surface area contributed by atoms with Crippen LogP contribution >= 0.6 is 0 Å². The zero-order valence-corrected chi connectivity index (χ0v) is 77.4. The fourth-order valence-electron chi connectivity index (χ4n) is 8.11. The van der Waals surface area contributed by atoms with Crippen LogP contribution < -0.4 is 0 Å². The number of hydrogen-bond donors (Lipinski definition) is 0. The fraction of sp³-hybridized carbons (Fsp3) is 0.945. The number of nitrogens with zero attached hydrogens (tertiary/aromatic N) is 8. The van der Waals surface area contributed by atoms with Crippen LogP contribution in [0.15, 0.2) is 28.0 Å². The maximum Gasteiger partial charge on any atom is -0.0414 e. The molecule has 4 saturated carbocycles. The van der Waals surface area contributed by atoms with Crippen LogP contribution in [0, 0.1) is 59.3 Å². The summed E-state index contributed by atoms with van der Waals surface area (Å²) in [6, 6.07) is 0. The molecule has 546 valence electrons. The average Bonchev–Trinajstić information content (AvgIpc) is 4.28. The standard InChI is InChI=1S/2C8H16.C7H14.C6H12.8C5H11N.4CH3.4FH.4W/c1-7(2)8-5-3-4-6-8;1-2-5-8-6-3-4-7-8;1-2-7-5-3-4-6-7;1-6-4-2-3-5-6;8*1-4-5(2,3)6;;;;;;;;;;;;/h7-8H,3-6H2,1-2H3;8H,2-7H2,1H3;7H,2-6H2,1H3;6H,2-5H2,1H3;8*4H2,1-3H3;4*1H3;4*1H;;;;/q;;;;;;;;;;;;4*-1;;;;;4*+1/p-4. The van der Waals surface area contributed by atoms with E-state index in [9.17, 15) is 12.6 Å². The van der Waals surface area contributed by atoms with E-state index in [-0.39, 0.29) is 74.0 Å². The predicted molar refractivity (Wildman–Crippen MR) is 378 cm³/mol. The van der Waals surface area contributed by atoms with Gasteiger partial charge in [0.15, 0.2) is 0 Å². The predicted octanol–water partition coefficient (Wildman–Crippen LogP) is 29.3. The summed E-state index contributed by atoms with van der Waals surface area (Å²) >= 11 is -13.1. The van der Waals surface area contributed by atoms with Crippen LogP contribution in [0.1, 0.15) is 374 Å². The second-order valence-electron chi connectivity index (χ2n) is 30.1. The molecule has 0 bridgehead atoms. The van der Waals surface area contributed by atoms with E-state index in [1.807, 2.05) is 166 Å². The van der Waals surface area contributed by atoms with Gasteiger partial charge in [-0.05, 0) is 29.6 Å². The summed E-state index contributed by atoms with van der Waals surface area (Å²) in [7, 11) is 0. The van der Waals surface area contributed by atoms with E-state index >= 15 is 0 Å². The Kier molecular flexibility index (Phi) is 66.4. The van der Waals surface area contributed by atoms with Crippen LogP contribution in [0.3, 0.4) is 0 Å². The molecule has 4 fully saturated rings. The van der Waals surface area contributed by atoms with E-state index in [4.69, 9.17) is 0 Å². The minimum absolute atomic E-state index is 0. The molecule has 16 heteroatoms. The van der Waals surface area contributed by atoms with Gasteiger partial charge in [-0.15, -0.1) is 0 Å². The molecule has 89 heavy (non-hydrogen) atoms.